The largest absolute Gasteiger partial charge is 0.319 e. The molecule has 1 aromatic rings. The second kappa shape index (κ2) is 6.77. The first kappa shape index (κ1) is 14.9. The summed E-state index contributed by atoms with van der Waals surface area (Å²) < 4.78 is 28.0. The lowest BCUT2D eigenvalue weighted by Crippen LogP contribution is -2.38. The summed E-state index contributed by atoms with van der Waals surface area (Å²) in [5.74, 6) is -0.371. The molecule has 2 nitrogen and oxygen atoms in total. The van der Waals surface area contributed by atoms with Crippen molar-refractivity contribution in [3.63, 3.8) is 0 Å². The van der Waals surface area contributed by atoms with Gasteiger partial charge in [0.25, 0.3) is 0 Å². The minimum Gasteiger partial charge on any atom is -0.319 e. The molecule has 0 radical (unpaired) electrons. The van der Waals surface area contributed by atoms with Crippen molar-refractivity contribution in [2.24, 2.45) is 5.92 Å². The molecule has 0 aromatic heterocycles. The highest BCUT2D eigenvalue weighted by Gasteiger charge is 2.22. The van der Waals surface area contributed by atoms with Crippen LogP contribution in [0.5, 0.6) is 0 Å². The standard InChI is InChI=1S/C14H19BrF2N2/c1-18-7-10-3-2-6-19(8-10)9-11-13(16)5-4-12(15)14(11)17/h4-5,10,18H,2-3,6-9H2,1H3. The summed E-state index contributed by atoms with van der Waals surface area (Å²) in [6, 6.07) is 2.73. The number of benzene rings is 1. The van der Waals surface area contributed by atoms with Crippen LogP contribution in [0.2, 0.25) is 0 Å². The molecule has 1 heterocycles. The molecule has 5 heteroatoms. The van der Waals surface area contributed by atoms with Gasteiger partial charge in [-0.1, -0.05) is 0 Å². The summed E-state index contributed by atoms with van der Waals surface area (Å²) in [5, 5.41) is 3.17. The van der Waals surface area contributed by atoms with Crippen LogP contribution in [0.1, 0.15) is 18.4 Å². The number of hydrogen-bond donors (Lipinski definition) is 1. The van der Waals surface area contributed by atoms with Crippen molar-refractivity contribution >= 4 is 15.9 Å². The average Bonchev–Trinajstić information content (AvgIpc) is 2.40. The van der Waals surface area contributed by atoms with Crippen LogP contribution in [-0.4, -0.2) is 31.6 Å². The van der Waals surface area contributed by atoms with E-state index in [1.807, 2.05) is 7.05 Å². The van der Waals surface area contributed by atoms with Crippen LogP contribution in [0, 0.1) is 17.6 Å². The summed E-state index contributed by atoms with van der Waals surface area (Å²) in [5.41, 5.74) is 0.166. The molecule has 1 aliphatic rings. The topological polar surface area (TPSA) is 15.3 Å². The van der Waals surface area contributed by atoms with Crippen molar-refractivity contribution in [3.05, 3.63) is 33.8 Å². The second-order valence-corrected chi connectivity index (χ2v) is 5.98. The first-order chi connectivity index (χ1) is 9.11. The number of piperidine rings is 1. The van der Waals surface area contributed by atoms with Crippen molar-refractivity contribution in [3.8, 4) is 0 Å². The molecule has 19 heavy (non-hydrogen) atoms. The van der Waals surface area contributed by atoms with E-state index in [9.17, 15) is 8.78 Å². The molecule has 1 unspecified atom stereocenters. The number of likely N-dealkylation sites (tertiary alicyclic amines) is 1. The highest BCUT2D eigenvalue weighted by Crippen LogP contribution is 2.25. The van der Waals surface area contributed by atoms with Crippen LogP contribution in [-0.2, 0) is 6.54 Å². The van der Waals surface area contributed by atoms with Crippen molar-refractivity contribution in [2.45, 2.75) is 19.4 Å². The fraction of sp³-hybridized carbons (Fsp3) is 0.571. The van der Waals surface area contributed by atoms with Gasteiger partial charge < -0.3 is 5.32 Å². The molecule has 0 bridgehead atoms. The van der Waals surface area contributed by atoms with E-state index in [-0.39, 0.29) is 5.56 Å². The Labute approximate surface area is 121 Å². The second-order valence-electron chi connectivity index (χ2n) is 5.12. The molecule has 1 aromatic carbocycles. The molecule has 0 spiro atoms. The smallest absolute Gasteiger partial charge is 0.144 e. The Hall–Kier alpha value is -0.520. The fourth-order valence-electron chi connectivity index (χ4n) is 2.69. The summed E-state index contributed by atoms with van der Waals surface area (Å²) in [4.78, 5) is 2.14. The van der Waals surface area contributed by atoms with Crippen LogP contribution in [0.3, 0.4) is 0 Å². The lowest BCUT2D eigenvalue weighted by atomic mass is 9.97. The highest BCUT2D eigenvalue weighted by molar-refractivity contribution is 9.10. The van der Waals surface area contributed by atoms with E-state index in [2.05, 4.69) is 26.1 Å². The van der Waals surface area contributed by atoms with E-state index in [1.165, 1.54) is 18.6 Å². The lowest BCUT2D eigenvalue weighted by molar-refractivity contribution is 0.163. The molecule has 0 amide bonds. The maximum atomic E-state index is 13.9. The molecule has 1 fully saturated rings. The third-order valence-electron chi connectivity index (χ3n) is 3.62. The van der Waals surface area contributed by atoms with E-state index in [1.54, 1.807) is 0 Å². The average molecular weight is 333 g/mol. The molecule has 1 N–H and O–H groups in total. The van der Waals surface area contributed by atoms with Gasteiger partial charge in [0, 0.05) is 18.7 Å². The zero-order chi connectivity index (χ0) is 13.8. The summed E-state index contributed by atoms with van der Waals surface area (Å²) in [6.07, 6.45) is 2.27. The van der Waals surface area contributed by atoms with Crippen LogP contribution in [0.25, 0.3) is 0 Å². The van der Waals surface area contributed by atoms with Gasteiger partial charge in [-0.05, 0) is 67.0 Å². The van der Waals surface area contributed by atoms with E-state index in [4.69, 9.17) is 0 Å². The van der Waals surface area contributed by atoms with E-state index in [0.29, 0.717) is 16.9 Å². The van der Waals surface area contributed by atoms with E-state index in [0.717, 1.165) is 26.1 Å². The van der Waals surface area contributed by atoms with Crippen LogP contribution in [0.15, 0.2) is 16.6 Å². The van der Waals surface area contributed by atoms with Gasteiger partial charge in [0.1, 0.15) is 11.6 Å². The normalized spacial score (nSPS) is 20.7. The first-order valence-corrected chi connectivity index (χ1v) is 7.40. The molecule has 1 saturated heterocycles. The molecular weight excluding hydrogens is 314 g/mol. The molecular formula is C14H19BrF2N2. The zero-order valence-electron chi connectivity index (χ0n) is 11.1. The third-order valence-corrected chi connectivity index (χ3v) is 4.23. The molecule has 1 aliphatic heterocycles. The van der Waals surface area contributed by atoms with E-state index < -0.39 is 11.6 Å². The van der Waals surface area contributed by atoms with Crippen molar-refractivity contribution in [1.82, 2.24) is 10.2 Å². The predicted octanol–water partition coefficient (Wildman–Crippen LogP) is 3.16. The first-order valence-electron chi connectivity index (χ1n) is 6.61. The SMILES string of the molecule is CNCC1CCCN(Cc2c(F)ccc(Br)c2F)C1. The highest BCUT2D eigenvalue weighted by atomic mass is 79.9. The fourth-order valence-corrected chi connectivity index (χ4v) is 3.06. The van der Waals surface area contributed by atoms with Crippen molar-refractivity contribution in [2.75, 3.05) is 26.7 Å². The molecule has 106 valence electrons. The number of halogens is 3. The maximum Gasteiger partial charge on any atom is 0.144 e. The van der Waals surface area contributed by atoms with E-state index >= 15 is 0 Å². The Morgan fingerprint density at radius 1 is 1.42 bits per heavy atom. The zero-order valence-corrected chi connectivity index (χ0v) is 12.6. The maximum absolute atomic E-state index is 13.9. The van der Waals surface area contributed by atoms with Gasteiger partial charge >= 0.3 is 0 Å². The van der Waals surface area contributed by atoms with Gasteiger partial charge in [-0.2, -0.15) is 0 Å². The molecule has 0 saturated carbocycles. The van der Waals surface area contributed by atoms with Gasteiger partial charge in [-0.25, -0.2) is 8.78 Å². The minimum absolute atomic E-state index is 0.166. The predicted molar refractivity (Wildman–Crippen MR) is 76.0 cm³/mol. The van der Waals surface area contributed by atoms with Crippen molar-refractivity contribution < 1.29 is 8.78 Å². The lowest BCUT2D eigenvalue weighted by Gasteiger charge is -2.32. The molecule has 1 atom stereocenters. The monoisotopic (exact) mass is 332 g/mol. The number of nitrogens with zero attached hydrogens (tertiary/aromatic N) is 1. The molecule has 0 aliphatic carbocycles. The third kappa shape index (κ3) is 3.74. The van der Waals surface area contributed by atoms with Crippen LogP contribution >= 0.6 is 15.9 Å². The Kier molecular flexibility index (Phi) is 5.30. The van der Waals surface area contributed by atoms with Gasteiger partial charge in [-0.15, -0.1) is 0 Å². The Morgan fingerprint density at radius 3 is 2.95 bits per heavy atom. The van der Waals surface area contributed by atoms with Crippen LogP contribution < -0.4 is 5.32 Å². The van der Waals surface area contributed by atoms with Gasteiger partial charge in [-0.3, -0.25) is 4.90 Å². The summed E-state index contributed by atoms with van der Waals surface area (Å²) >= 11 is 3.11. The van der Waals surface area contributed by atoms with Gasteiger partial charge in [0.05, 0.1) is 4.47 Å². The number of hydrogen-bond acceptors (Lipinski definition) is 2. The minimum atomic E-state index is -0.476. The number of rotatable bonds is 4. The summed E-state index contributed by atoms with van der Waals surface area (Å²) in [6.45, 7) is 3.11. The van der Waals surface area contributed by atoms with Crippen molar-refractivity contribution in [1.29, 1.82) is 0 Å². The Balaban J connectivity index is 2.06. The van der Waals surface area contributed by atoms with Gasteiger partial charge in [0.2, 0.25) is 0 Å². The van der Waals surface area contributed by atoms with Crippen LogP contribution in [0.4, 0.5) is 8.78 Å². The molecule has 2 rings (SSSR count). The Morgan fingerprint density at radius 2 is 2.21 bits per heavy atom. The quantitative estimate of drug-likeness (QED) is 0.852. The number of nitrogens with one attached hydrogen (secondary N) is 1. The summed E-state index contributed by atoms with van der Waals surface area (Å²) in [7, 11) is 1.94. The Bertz CT molecular complexity index is 438. The van der Waals surface area contributed by atoms with Gasteiger partial charge in [0.15, 0.2) is 0 Å².